The van der Waals surface area contributed by atoms with Crippen LogP contribution >= 0.6 is 46.7 Å². The molecule has 0 radical (unpaired) electrons. The lowest BCUT2D eigenvalue weighted by atomic mass is 10.2. The van der Waals surface area contributed by atoms with E-state index in [0.29, 0.717) is 31.7 Å². The van der Waals surface area contributed by atoms with Crippen LogP contribution in [0.5, 0.6) is 11.5 Å². The Labute approximate surface area is 217 Å². The summed E-state index contributed by atoms with van der Waals surface area (Å²) in [5.74, 6) is 3.27. The van der Waals surface area contributed by atoms with Crippen molar-refractivity contribution < 1.29 is 14.3 Å². The first-order chi connectivity index (χ1) is 16.6. The Balaban J connectivity index is 1.26. The van der Waals surface area contributed by atoms with E-state index in [2.05, 4.69) is 22.7 Å². The molecule has 0 spiro atoms. The summed E-state index contributed by atoms with van der Waals surface area (Å²) in [6.45, 7) is 0.148. The molecular formula is C25H22Cl2N2O3S2. The number of ether oxygens (including phenoxy) is 2. The van der Waals surface area contributed by atoms with Gasteiger partial charge in [-0.1, -0.05) is 53.5 Å². The number of carbonyl (C=O) groups is 1. The van der Waals surface area contributed by atoms with Crippen molar-refractivity contribution in [1.29, 1.82) is 0 Å². The van der Waals surface area contributed by atoms with Gasteiger partial charge in [-0.2, -0.15) is 5.10 Å². The van der Waals surface area contributed by atoms with E-state index in [0.717, 1.165) is 5.56 Å². The highest BCUT2D eigenvalue weighted by Gasteiger charge is 2.18. The van der Waals surface area contributed by atoms with Gasteiger partial charge in [0.2, 0.25) is 0 Å². The number of hydrogen-bond acceptors (Lipinski definition) is 6. The number of hydrazone groups is 1. The summed E-state index contributed by atoms with van der Waals surface area (Å²) in [6, 6.07) is 20.5. The first kappa shape index (κ1) is 24.8. The van der Waals surface area contributed by atoms with Crippen molar-refractivity contribution in [3.63, 3.8) is 0 Å². The maximum absolute atomic E-state index is 12.1. The SMILES string of the molecule is O=C(COc1ccc(C2SCCS2)cc1)N/N=C\c1ccccc1OCc1ccc(Cl)cc1Cl. The van der Waals surface area contributed by atoms with Crippen molar-refractivity contribution in [3.8, 4) is 11.5 Å². The molecule has 4 rings (SSSR count). The summed E-state index contributed by atoms with van der Waals surface area (Å²) < 4.78 is 12.0. The fraction of sp³-hybridized carbons (Fsp3) is 0.200. The normalized spacial score (nSPS) is 13.8. The highest BCUT2D eigenvalue weighted by Crippen LogP contribution is 2.45. The number of benzene rings is 3. The molecule has 0 atom stereocenters. The summed E-state index contributed by atoms with van der Waals surface area (Å²) in [7, 11) is 0. The van der Waals surface area contributed by atoms with Crippen LogP contribution in [0.1, 0.15) is 21.3 Å². The molecule has 1 aliphatic heterocycles. The molecule has 0 aliphatic carbocycles. The van der Waals surface area contributed by atoms with E-state index in [4.69, 9.17) is 32.7 Å². The Morgan fingerprint density at radius 1 is 1.03 bits per heavy atom. The topological polar surface area (TPSA) is 59.9 Å². The number of nitrogens with zero attached hydrogens (tertiary/aromatic N) is 1. The molecular weight excluding hydrogens is 511 g/mol. The Morgan fingerprint density at radius 3 is 2.56 bits per heavy atom. The molecule has 176 valence electrons. The van der Waals surface area contributed by atoms with Gasteiger partial charge in [0.1, 0.15) is 18.1 Å². The second-order valence-corrected chi connectivity index (χ2v) is 10.9. The molecule has 1 heterocycles. The molecule has 1 aliphatic rings. The predicted molar refractivity (Wildman–Crippen MR) is 143 cm³/mol. The maximum Gasteiger partial charge on any atom is 0.277 e. The van der Waals surface area contributed by atoms with Gasteiger partial charge in [-0.05, 0) is 42.0 Å². The lowest BCUT2D eigenvalue weighted by molar-refractivity contribution is -0.123. The second-order valence-electron chi connectivity index (χ2n) is 7.29. The molecule has 1 saturated heterocycles. The first-order valence-corrected chi connectivity index (χ1v) is 13.4. The smallest absolute Gasteiger partial charge is 0.277 e. The minimum absolute atomic E-state index is 0.128. The fourth-order valence-corrected chi connectivity index (χ4v) is 6.46. The monoisotopic (exact) mass is 532 g/mol. The highest BCUT2D eigenvalue weighted by molar-refractivity contribution is 8.19. The molecule has 0 saturated carbocycles. The molecule has 0 bridgehead atoms. The molecule has 0 unspecified atom stereocenters. The average molecular weight is 534 g/mol. The molecule has 9 heteroatoms. The Bertz CT molecular complexity index is 1150. The van der Waals surface area contributed by atoms with Gasteiger partial charge in [-0.15, -0.1) is 23.5 Å². The van der Waals surface area contributed by atoms with Gasteiger partial charge in [0.25, 0.3) is 5.91 Å². The summed E-state index contributed by atoms with van der Waals surface area (Å²) in [4.78, 5) is 12.1. The molecule has 34 heavy (non-hydrogen) atoms. The number of amides is 1. The van der Waals surface area contributed by atoms with E-state index in [1.54, 1.807) is 12.1 Å². The fourth-order valence-electron chi connectivity index (χ4n) is 3.14. The van der Waals surface area contributed by atoms with Gasteiger partial charge in [0.15, 0.2) is 6.61 Å². The first-order valence-electron chi connectivity index (χ1n) is 10.5. The Kier molecular flexibility index (Phi) is 9.04. The molecule has 1 N–H and O–H groups in total. The zero-order valence-electron chi connectivity index (χ0n) is 18.1. The lowest BCUT2D eigenvalue weighted by Gasteiger charge is -2.10. The van der Waals surface area contributed by atoms with Gasteiger partial charge < -0.3 is 9.47 Å². The van der Waals surface area contributed by atoms with Crippen molar-refractivity contribution in [2.45, 2.75) is 11.2 Å². The van der Waals surface area contributed by atoms with Crippen molar-refractivity contribution in [1.82, 2.24) is 5.43 Å². The van der Waals surface area contributed by atoms with Crippen molar-refractivity contribution in [2.75, 3.05) is 18.1 Å². The molecule has 3 aromatic carbocycles. The highest BCUT2D eigenvalue weighted by atomic mass is 35.5. The molecule has 0 aromatic heterocycles. The molecule has 3 aromatic rings. The quantitative estimate of drug-likeness (QED) is 0.249. The number of para-hydroxylation sites is 1. The average Bonchev–Trinajstić information content (AvgIpc) is 3.38. The Morgan fingerprint density at radius 2 is 1.79 bits per heavy atom. The second kappa shape index (κ2) is 12.4. The van der Waals surface area contributed by atoms with Crippen LogP contribution in [-0.4, -0.2) is 30.2 Å². The van der Waals surface area contributed by atoms with Crippen LogP contribution in [0.25, 0.3) is 0 Å². The third kappa shape index (κ3) is 7.09. The largest absolute Gasteiger partial charge is 0.488 e. The van der Waals surface area contributed by atoms with Crippen LogP contribution in [0.4, 0.5) is 0 Å². The van der Waals surface area contributed by atoms with E-state index in [9.17, 15) is 4.79 Å². The number of carbonyl (C=O) groups excluding carboxylic acids is 1. The third-order valence-electron chi connectivity index (χ3n) is 4.85. The minimum Gasteiger partial charge on any atom is -0.488 e. The minimum atomic E-state index is -0.353. The van der Waals surface area contributed by atoms with Crippen molar-refractivity contribution >= 4 is 58.8 Å². The summed E-state index contributed by atoms with van der Waals surface area (Å²) in [6.07, 6.45) is 1.53. The number of halogens is 2. The maximum atomic E-state index is 12.1. The number of nitrogens with one attached hydrogen (secondary N) is 1. The number of rotatable bonds is 9. The standard InChI is InChI=1S/C25H22Cl2N2O3S2/c26-20-8-5-19(22(27)13-20)15-32-23-4-2-1-3-18(23)14-28-29-24(30)16-31-21-9-6-17(7-10-21)25-33-11-12-34-25/h1-10,13-14,25H,11-12,15-16H2,(H,29,30)/b28-14-. The van der Waals surface area contributed by atoms with Crippen LogP contribution < -0.4 is 14.9 Å². The molecule has 1 amide bonds. The van der Waals surface area contributed by atoms with Crippen molar-refractivity contribution in [2.24, 2.45) is 5.10 Å². The van der Waals surface area contributed by atoms with Crippen LogP contribution in [0.3, 0.4) is 0 Å². The van der Waals surface area contributed by atoms with Crippen molar-refractivity contribution in [3.05, 3.63) is 93.5 Å². The number of hydrogen-bond donors (Lipinski definition) is 1. The van der Waals surface area contributed by atoms with E-state index in [1.165, 1.54) is 23.3 Å². The summed E-state index contributed by atoms with van der Waals surface area (Å²) in [5.41, 5.74) is 5.28. The van der Waals surface area contributed by atoms with E-state index in [-0.39, 0.29) is 19.1 Å². The van der Waals surface area contributed by atoms with Gasteiger partial charge >= 0.3 is 0 Å². The van der Waals surface area contributed by atoms with Crippen LogP contribution in [0.2, 0.25) is 10.0 Å². The van der Waals surface area contributed by atoms with Crippen LogP contribution in [-0.2, 0) is 11.4 Å². The molecule has 1 fully saturated rings. The van der Waals surface area contributed by atoms with E-state index >= 15 is 0 Å². The third-order valence-corrected chi connectivity index (χ3v) is 8.55. The van der Waals surface area contributed by atoms with Gasteiger partial charge in [-0.25, -0.2) is 5.43 Å². The zero-order valence-corrected chi connectivity index (χ0v) is 21.2. The van der Waals surface area contributed by atoms with Crippen LogP contribution in [0, 0.1) is 0 Å². The summed E-state index contributed by atoms with van der Waals surface area (Å²) in [5, 5.41) is 5.14. The number of thioether (sulfide) groups is 2. The van der Waals surface area contributed by atoms with Gasteiger partial charge in [-0.3, -0.25) is 4.79 Å². The van der Waals surface area contributed by atoms with Crippen LogP contribution in [0.15, 0.2) is 71.8 Å². The Hall–Kier alpha value is -2.32. The van der Waals surface area contributed by atoms with Gasteiger partial charge in [0, 0.05) is 32.7 Å². The molecule has 5 nitrogen and oxygen atoms in total. The van der Waals surface area contributed by atoms with Gasteiger partial charge in [0.05, 0.1) is 10.8 Å². The lowest BCUT2D eigenvalue weighted by Crippen LogP contribution is -2.24. The van der Waals surface area contributed by atoms with E-state index < -0.39 is 0 Å². The van der Waals surface area contributed by atoms with E-state index in [1.807, 2.05) is 66.0 Å². The zero-order chi connectivity index (χ0) is 23.8. The predicted octanol–water partition coefficient (Wildman–Crippen LogP) is 6.58. The summed E-state index contributed by atoms with van der Waals surface area (Å²) >= 11 is 16.1.